The van der Waals surface area contributed by atoms with Crippen molar-refractivity contribution in [1.82, 2.24) is 4.98 Å². The minimum Gasteiger partial charge on any atom is -0.550 e. The van der Waals surface area contributed by atoms with E-state index in [1.165, 1.54) is 5.56 Å². The standard InChI is InChI=1S/C25H25NO4.K/c1-25(2,3)17-9-12-22-21(15-17)26-24(30-22)20-7-4-6-16-14-18(10-11-19(16)20)29-13-5-8-23(27)28;/h4,6-7,9-12,14-15H,5,8,13H2,1-3H3,(H,27,28);/q;+1/p-1. The van der Waals surface area contributed by atoms with Crippen LogP contribution in [0.25, 0.3) is 33.3 Å². The van der Waals surface area contributed by atoms with E-state index in [1.807, 2.05) is 42.5 Å². The number of aliphatic carboxylic acids is 1. The Morgan fingerprint density at radius 3 is 2.65 bits per heavy atom. The summed E-state index contributed by atoms with van der Waals surface area (Å²) in [7, 11) is 0. The van der Waals surface area contributed by atoms with Gasteiger partial charge in [-0.3, -0.25) is 0 Å². The van der Waals surface area contributed by atoms with E-state index in [4.69, 9.17) is 14.1 Å². The number of nitrogens with zero attached hydrogens (tertiary/aromatic N) is 1. The summed E-state index contributed by atoms with van der Waals surface area (Å²) in [4.78, 5) is 15.3. The Morgan fingerprint density at radius 1 is 1.10 bits per heavy atom. The molecule has 0 aliphatic rings. The fourth-order valence-electron chi connectivity index (χ4n) is 3.45. The van der Waals surface area contributed by atoms with Crippen LogP contribution in [0.1, 0.15) is 39.2 Å². The number of oxazole rings is 1. The zero-order valence-electron chi connectivity index (χ0n) is 18.4. The summed E-state index contributed by atoms with van der Waals surface area (Å²) in [6.45, 7) is 6.87. The van der Waals surface area contributed by atoms with Gasteiger partial charge in [-0.1, -0.05) is 39.0 Å². The second kappa shape index (κ2) is 9.84. The molecule has 154 valence electrons. The quantitative estimate of drug-likeness (QED) is 0.337. The number of carbonyl (C=O) groups excluding carboxylic acids is 1. The van der Waals surface area contributed by atoms with Crippen molar-refractivity contribution in [2.24, 2.45) is 0 Å². The van der Waals surface area contributed by atoms with Crippen molar-refractivity contribution in [3.63, 3.8) is 0 Å². The van der Waals surface area contributed by atoms with Crippen molar-refractivity contribution in [2.45, 2.75) is 39.0 Å². The molecule has 0 saturated carbocycles. The number of carboxylic acid groups (broad SMARTS) is 1. The van der Waals surface area contributed by atoms with Gasteiger partial charge in [-0.05, 0) is 71.0 Å². The maximum atomic E-state index is 10.5. The minimum atomic E-state index is -1.06. The van der Waals surface area contributed by atoms with Gasteiger partial charge in [0.25, 0.3) is 0 Å². The molecule has 6 heteroatoms. The van der Waals surface area contributed by atoms with E-state index < -0.39 is 5.97 Å². The molecule has 1 aromatic heterocycles. The monoisotopic (exact) mass is 441 g/mol. The molecular formula is C25H24KNO4. The van der Waals surface area contributed by atoms with E-state index in [0.29, 0.717) is 24.7 Å². The number of fused-ring (bicyclic) bond motifs is 2. The Labute approximate surface area is 224 Å². The molecule has 0 bridgehead atoms. The number of aromatic nitrogens is 1. The summed E-state index contributed by atoms with van der Waals surface area (Å²) in [5, 5.41) is 12.5. The summed E-state index contributed by atoms with van der Waals surface area (Å²) in [6, 6.07) is 17.9. The van der Waals surface area contributed by atoms with Gasteiger partial charge in [-0.2, -0.15) is 0 Å². The van der Waals surface area contributed by atoms with Crippen LogP contribution in [0.3, 0.4) is 0 Å². The molecule has 0 amide bonds. The van der Waals surface area contributed by atoms with Gasteiger partial charge in [0, 0.05) is 11.5 Å². The molecular weight excluding hydrogens is 417 g/mol. The molecule has 3 aromatic carbocycles. The minimum absolute atomic E-state index is 0. The molecule has 0 aliphatic heterocycles. The van der Waals surface area contributed by atoms with E-state index in [1.54, 1.807) is 0 Å². The number of carboxylic acids is 1. The summed E-state index contributed by atoms with van der Waals surface area (Å²) in [5.41, 5.74) is 3.80. The Hall–Kier alpha value is -1.70. The van der Waals surface area contributed by atoms with Gasteiger partial charge in [0.15, 0.2) is 5.58 Å². The van der Waals surface area contributed by atoms with Crippen molar-refractivity contribution in [2.75, 3.05) is 6.61 Å². The molecule has 0 N–H and O–H groups in total. The number of benzene rings is 3. The first kappa shape index (κ1) is 23.9. The molecule has 0 spiro atoms. The molecule has 0 aliphatic carbocycles. The number of ether oxygens (including phenoxy) is 1. The second-order valence-electron chi connectivity index (χ2n) is 8.46. The molecule has 5 nitrogen and oxygen atoms in total. The predicted molar refractivity (Wildman–Crippen MR) is 115 cm³/mol. The Bertz CT molecular complexity index is 1220. The van der Waals surface area contributed by atoms with Gasteiger partial charge in [-0.25, -0.2) is 4.98 Å². The predicted octanol–water partition coefficient (Wildman–Crippen LogP) is 1.86. The topological polar surface area (TPSA) is 75.4 Å². The number of hydrogen-bond donors (Lipinski definition) is 0. The van der Waals surface area contributed by atoms with Crippen molar-refractivity contribution in [3.05, 3.63) is 60.2 Å². The number of hydrogen-bond acceptors (Lipinski definition) is 5. The van der Waals surface area contributed by atoms with Gasteiger partial charge in [-0.15, -0.1) is 0 Å². The molecule has 0 radical (unpaired) electrons. The molecule has 4 rings (SSSR count). The van der Waals surface area contributed by atoms with Gasteiger partial charge in [0.1, 0.15) is 11.3 Å². The van der Waals surface area contributed by atoms with Crippen LogP contribution in [0.15, 0.2) is 59.0 Å². The van der Waals surface area contributed by atoms with Crippen LogP contribution in [0.5, 0.6) is 5.75 Å². The van der Waals surface area contributed by atoms with Crippen molar-refractivity contribution in [3.8, 4) is 17.2 Å². The fraction of sp³-hybridized carbons (Fsp3) is 0.280. The van der Waals surface area contributed by atoms with Gasteiger partial charge in [0.05, 0.1) is 6.61 Å². The van der Waals surface area contributed by atoms with Crippen molar-refractivity contribution in [1.29, 1.82) is 0 Å². The summed E-state index contributed by atoms with van der Waals surface area (Å²) in [5.74, 6) is 0.226. The van der Waals surface area contributed by atoms with Gasteiger partial charge in [0.2, 0.25) is 5.89 Å². The molecule has 4 aromatic rings. The number of carbonyl (C=O) groups is 1. The average Bonchev–Trinajstić information content (AvgIpc) is 3.13. The largest absolute Gasteiger partial charge is 1.00 e. The Balaban J connectivity index is 0.00000272. The molecule has 0 unspecified atom stereocenters. The Kier molecular flexibility index (Phi) is 7.60. The third-order valence-electron chi connectivity index (χ3n) is 5.13. The summed E-state index contributed by atoms with van der Waals surface area (Å²) < 4.78 is 11.7. The van der Waals surface area contributed by atoms with E-state index >= 15 is 0 Å². The van der Waals surface area contributed by atoms with Crippen molar-refractivity contribution >= 4 is 27.8 Å². The van der Waals surface area contributed by atoms with Crippen LogP contribution in [-0.4, -0.2) is 17.6 Å². The van der Waals surface area contributed by atoms with Gasteiger partial charge < -0.3 is 19.1 Å². The molecule has 0 fully saturated rings. The maximum Gasteiger partial charge on any atom is 1.00 e. The zero-order chi connectivity index (χ0) is 21.3. The first-order valence-corrected chi connectivity index (χ1v) is 10.1. The van der Waals surface area contributed by atoms with Gasteiger partial charge >= 0.3 is 51.4 Å². The Morgan fingerprint density at radius 2 is 1.90 bits per heavy atom. The van der Waals surface area contributed by atoms with E-state index in [0.717, 1.165) is 27.4 Å². The van der Waals surface area contributed by atoms with Crippen LogP contribution in [0.2, 0.25) is 0 Å². The van der Waals surface area contributed by atoms with Crippen LogP contribution in [-0.2, 0) is 10.2 Å². The SMILES string of the molecule is CC(C)(C)c1ccc2oc(-c3cccc4cc(OCCCC(=O)[O-])ccc34)nc2c1.[K+]. The van der Waals surface area contributed by atoms with Crippen molar-refractivity contribution < 1.29 is 70.4 Å². The fourth-order valence-corrected chi connectivity index (χ4v) is 3.45. The van der Waals surface area contributed by atoms with E-state index in [2.05, 4.69) is 32.9 Å². The summed E-state index contributed by atoms with van der Waals surface area (Å²) in [6.07, 6.45) is 0.409. The average molecular weight is 442 g/mol. The first-order valence-electron chi connectivity index (χ1n) is 10.1. The van der Waals surface area contributed by atoms with Crippen LogP contribution in [0, 0.1) is 0 Å². The zero-order valence-corrected chi connectivity index (χ0v) is 21.5. The third-order valence-corrected chi connectivity index (χ3v) is 5.13. The van der Waals surface area contributed by atoms with Crippen LogP contribution in [0.4, 0.5) is 0 Å². The molecule has 0 atom stereocenters. The summed E-state index contributed by atoms with van der Waals surface area (Å²) >= 11 is 0. The third kappa shape index (κ3) is 5.57. The van der Waals surface area contributed by atoms with E-state index in [9.17, 15) is 9.90 Å². The smallest absolute Gasteiger partial charge is 0.550 e. The van der Waals surface area contributed by atoms with Crippen LogP contribution >= 0.6 is 0 Å². The van der Waals surface area contributed by atoms with Crippen LogP contribution < -0.4 is 61.2 Å². The number of rotatable bonds is 6. The normalized spacial score (nSPS) is 11.5. The molecule has 1 heterocycles. The van der Waals surface area contributed by atoms with E-state index in [-0.39, 0.29) is 63.2 Å². The molecule has 31 heavy (non-hydrogen) atoms. The maximum absolute atomic E-state index is 10.5. The first-order chi connectivity index (χ1) is 14.3. The molecule has 0 saturated heterocycles. The second-order valence-corrected chi connectivity index (χ2v) is 8.46.